The third-order valence-corrected chi connectivity index (χ3v) is 5.94. The maximum absolute atomic E-state index is 12.7. The molecule has 1 aromatic heterocycles. The lowest BCUT2D eigenvalue weighted by Gasteiger charge is -2.10. The van der Waals surface area contributed by atoms with E-state index in [9.17, 15) is 19.2 Å². The molecule has 182 valence electrons. The number of carbonyl (C=O) groups excluding carboxylic acids is 4. The van der Waals surface area contributed by atoms with Gasteiger partial charge in [0.2, 0.25) is 0 Å². The van der Waals surface area contributed by atoms with E-state index >= 15 is 0 Å². The van der Waals surface area contributed by atoms with Crippen molar-refractivity contribution in [2.45, 2.75) is 20.8 Å². The summed E-state index contributed by atoms with van der Waals surface area (Å²) in [5, 5.41) is 5.42. The average Bonchev–Trinajstić information content (AvgIpc) is 3.17. The van der Waals surface area contributed by atoms with E-state index in [4.69, 9.17) is 9.47 Å². The number of hydrogen-bond acceptors (Lipinski definition) is 7. The van der Waals surface area contributed by atoms with Gasteiger partial charge in [-0.2, -0.15) is 0 Å². The minimum atomic E-state index is -0.765. The summed E-state index contributed by atoms with van der Waals surface area (Å²) in [6.45, 7) is 4.64. The normalized spacial score (nSPS) is 10.4. The fourth-order valence-electron chi connectivity index (χ4n) is 3.38. The molecule has 0 saturated heterocycles. The Hall–Kier alpha value is -3.98. The zero-order valence-corrected chi connectivity index (χ0v) is 20.5. The lowest BCUT2D eigenvalue weighted by Crippen LogP contribution is -2.32. The Morgan fingerprint density at radius 3 is 2.37 bits per heavy atom. The Kier molecular flexibility index (Phi) is 8.74. The van der Waals surface area contributed by atoms with Crippen molar-refractivity contribution in [1.82, 2.24) is 5.32 Å². The molecule has 3 rings (SSSR count). The topological polar surface area (TPSA) is 111 Å². The lowest BCUT2D eigenvalue weighted by molar-refractivity contribution is -0.146. The van der Waals surface area contributed by atoms with Crippen LogP contribution in [0.15, 0.2) is 54.6 Å². The molecule has 0 aliphatic heterocycles. The predicted molar refractivity (Wildman–Crippen MR) is 134 cm³/mol. The number of ether oxygens (including phenoxy) is 2. The van der Waals surface area contributed by atoms with E-state index in [0.29, 0.717) is 16.1 Å². The van der Waals surface area contributed by atoms with Gasteiger partial charge in [0.05, 0.1) is 6.61 Å². The van der Waals surface area contributed by atoms with E-state index in [1.165, 1.54) is 11.3 Å². The van der Waals surface area contributed by atoms with Crippen LogP contribution in [-0.2, 0) is 19.1 Å². The van der Waals surface area contributed by atoms with E-state index in [1.807, 2.05) is 50.2 Å². The number of hydrogen-bond donors (Lipinski definition) is 2. The van der Waals surface area contributed by atoms with Gasteiger partial charge in [-0.25, -0.2) is 4.79 Å². The average molecular weight is 495 g/mol. The van der Waals surface area contributed by atoms with Crippen LogP contribution >= 0.6 is 11.3 Å². The molecule has 9 heteroatoms. The van der Waals surface area contributed by atoms with Crippen LogP contribution in [0.4, 0.5) is 5.00 Å². The summed E-state index contributed by atoms with van der Waals surface area (Å²) in [5.74, 6) is -2.35. The molecule has 0 spiro atoms. The summed E-state index contributed by atoms with van der Waals surface area (Å²) >= 11 is 1.24. The van der Waals surface area contributed by atoms with Crippen molar-refractivity contribution in [3.05, 3.63) is 76.2 Å². The highest BCUT2D eigenvalue weighted by Crippen LogP contribution is 2.40. The molecule has 0 aliphatic carbocycles. The van der Waals surface area contributed by atoms with Crippen LogP contribution in [0, 0.1) is 13.8 Å². The molecule has 0 aliphatic rings. The van der Waals surface area contributed by atoms with Gasteiger partial charge in [-0.15, -0.1) is 11.3 Å². The number of esters is 2. The minimum absolute atomic E-state index is 0.182. The molecule has 8 nitrogen and oxygen atoms in total. The van der Waals surface area contributed by atoms with Crippen molar-refractivity contribution in [3.63, 3.8) is 0 Å². The summed E-state index contributed by atoms with van der Waals surface area (Å²) in [4.78, 5) is 50.2. The molecule has 0 saturated carbocycles. The van der Waals surface area contributed by atoms with Crippen LogP contribution in [0.1, 0.15) is 38.1 Å². The van der Waals surface area contributed by atoms with Crippen molar-refractivity contribution in [2.75, 3.05) is 25.1 Å². The number of nitrogens with one attached hydrogen (secondary N) is 2. The van der Waals surface area contributed by atoms with Crippen LogP contribution in [0.3, 0.4) is 0 Å². The second-order valence-corrected chi connectivity index (χ2v) is 8.81. The summed E-state index contributed by atoms with van der Waals surface area (Å²) < 4.78 is 10.2. The number of carbonyl (C=O) groups is 4. The quantitative estimate of drug-likeness (QED) is 0.433. The van der Waals surface area contributed by atoms with E-state index in [1.54, 1.807) is 25.1 Å². The van der Waals surface area contributed by atoms with Crippen molar-refractivity contribution in [3.8, 4) is 11.1 Å². The third-order valence-electron chi connectivity index (χ3n) is 4.92. The third kappa shape index (κ3) is 6.77. The van der Waals surface area contributed by atoms with Crippen molar-refractivity contribution >= 4 is 40.1 Å². The first-order valence-corrected chi connectivity index (χ1v) is 11.8. The summed E-state index contributed by atoms with van der Waals surface area (Å²) in [6, 6.07) is 16.3. The molecule has 3 aromatic rings. The standard InChI is InChI=1S/C26H26N2O6S/c1-4-33-26(32)23-22(18-10-6-5-7-11-18)17(3)35-25(23)28-20(29)15-34-21(30)14-27-24(31)19-12-8-9-16(2)13-19/h5-13H,4,14-15H2,1-3H3,(H,27,31)(H,28,29). The second kappa shape index (κ2) is 11.9. The zero-order chi connectivity index (χ0) is 25.4. The van der Waals surface area contributed by atoms with Gasteiger partial charge in [0.25, 0.3) is 11.8 Å². The lowest BCUT2D eigenvalue weighted by atomic mass is 10.0. The molecule has 0 bridgehead atoms. The highest BCUT2D eigenvalue weighted by Gasteiger charge is 2.25. The Labute approximate surface area is 207 Å². The summed E-state index contributed by atoms with van der Waals surface area (Å²) in [6.07, 6.45) is 0. The number of amides is 2. The van der Waals surface area contributed by atoms with Crippen molar-refractivity contribution in [2.24, 2.45) is 0 Å². The molecule has 2 amide bonds. The fourth-order valence-corrected chi connectivity index (χ4v) is 4.46. The van der Waals surface area contributed by atoms with Gasteiger partial charge < -0.3 is 20.1 Å². The van der Waals surface area contributed by atoms with Gasteiger partial charge in [0.1, 0.15) is 17.1 Å². The van der Waals surface area contributed by atoms with E-state index in [0.717, 1.165) is 16.0 Å². The Bertz CT molecular complexity index is 1240. The molecular formula is C26H26N2O6S. The van der Waals surface area contributed by atoms with Gasteiger partial charge in [0, 0.05) is 16.0 Å². The van der Waals surface area contributed by atoms with E-state index in [2.05, 4.69) is 10.6 Å². The Morgan fingerprint density at radius 1 is 0.943 bits per heavy atom. The first-order valence-electron chi connectivity index (χ1n) is 11.0. The number of thiophene rings is 1. The predicted octanol–water partition coefficient (Wildman–Crippen LogP) is 4.12. The van der Waals surface area contributed by atoms with Gasteiger partial charge in [-0.3, -0.25) is 14.4 Å². The highest BCUT2D eigenvalue weighted by molar-refractivity contribution is 7.17. The smallest absolute Gasteiger partial charge is 0.341 e. The van der Waals surface area contributed by atoms with Crippen LogP contribution in [0.5, 0.6) is 0 Å². The minimum Gasteiger partial charge on any atom is -0.462 e. The second-order valence-electron chi connectivity index (χ2n) is 7.58. The maximum Gasteiger partial charge on any atom is 0.341 e. The van der Waals surface area contributed by atoms with Crippen molar-refractivity contribution < 1.29 is 28.7 Å². The molecule has 0 fully saturated rings. The molecular weight excluding hydrogens is 468 g/mol. The number of aryl methyl sites for hydroxylation is 2. The van der Waals surface area contributed by atoms with Gasteiger partial charge in [-0.05, 0) is 38.5 Å². The molecule has 2 N–H and O–H groups in total. The fraction of sp³-hybridized carbons (Fsp3) is 0.231. The monoisotopic (exact) mass is 494 g/mol. The first-order chi connectivity index (χ1) is 16.8. The number of benzene rings is 2. The molecule has 0 unspecified atom stereocenters. The van der Waals surface area contributed by atoms with E-state index in [-0.39, 0.29) is 18.7 Å². The Morgan fingerprint density at radius 2 is 1.69 bits per heavy atom. The van der Waals surface area contributed by atoms with E-state index < -0.39 is 30.4 Å². The summed E-state index contributed by atoms with van der Waals surface area (Å²) in [7, 11) is 0. The van der Waals surface area contributed by atoms with Crippen molar-refractivity contribution in [1.29, 1.82) is 0 Å². The SMILES string of the molecule is CCOC(=O)c1c(NC(=O)COC(=O)CNC(=O)c2cccc(C)c2)sc(C)c1-c1ccccc1. The van der Waals surface area contributed by atoms with Crippen LogP contribution in [-0.4, -0.2) is 43.5 Å². The van der Waals surface area contributed by atoms with Gasteiger partial charge >= 0.3 is 11.9 Å². The highest BCUT2D eigenvalue weighted by atomic mass is 32.1. The number of rotatable bonds is 9. The zero-order valence-electron chi connectivity index (χ0n) is 19.7. The molecule has 2 aromatic carbocycles. The first kappa shape index (κ1) is 25.6. The molecule has 0 radical (unpaired) electrons. The van der Waals surface area contributed by atoms with Gasteiger partial charge in [0.15, 0.2) is 6.61 Å². The molecule has 0 atom stereocenters. The van der Waals surface area contributed by atoms with Gasteiger partial charge in [-0.1, -0.05) is 48.0 Å². The Balaban J connectivity index is 1.62. The molecule has 1 heterocycles. The largest absolute Gasteiger partial charge is 0.462 e. The van der Waals surface area contributed by atoms with Crippen LogP contribution < -0.4 is 10.6 Å². The number of anilines is 1. The van der Waals surface area contributed by atoms with Crippen LogP contribution in [0.25, 0.3) is 11.1 Å². The summed E-state index contributed by atoms with van der Waals surface area (Å²) in [5.41, 5.74) is 3.09. The van der Waals surface area contributed by atoms with Crippen LogP contribution in [0.2, 0.25) is 0 Å². The maximum atomic E-state index is 12.7. The molecule has 35 heavy (non-hydrogen) atoms.